The van der Waals surface area contributed by atoms with Gasteiger partial charge in [0.25, 0.3) is 5.91 Å². The Morgan fingerprint density at radius 1 is 1.10 bits per heavy atom. The van der Waals surface area contributed by atoms with E-state index in [0.29, 0.717) is 23.0 Å². The third kappa shape index (κ3) is 4.23. The number of hydrogen-bond acceptors (Lipinski definition) is 4. The van der Waals surface area contributed by atoms with E-state index in [0.717, 1.165) is 38.0 Å². The Balaban J connectivity index is 0.00000240. The van der Waals surface area contributed by atoms with Crippen LogP contribution in [0.15, 0.2) is 48.5 Å². The van der Waals surface area contributed by atoms with E-state index in [-0.39, 0.29) is 23.7 Å². The molecule has 1 saturated carbocycles. The van der Waals surface area contributed by atoms with Crippen molar-refractivity contribution >= 4 is 29.9 Å². The summed E-state index contributed by atoms with van der Waals surface area (Å²) in [5.74, 6) is 0.978. The van der Waals surface area contributed by atoms with Crippen molar-refractivity contribution in [2.45, 2.75) is 25.7 Å². The van der Waals surface area contributed by atoms with E-state index in [9.17, 15) is 9.59 Å². The van der Waals surface area contributed by atoms with Crippen molar-refractivity contribution in [3.05, 3.63) is 54.1 Å². The Hall–Kier alpha value is -2.57. The molecule has 1 saturated heterocycles. The van der Waals surface area contributed by atoms with Gasteiger partial charge in [0, 0.05) is 12.2 Å². The summed E-state index contributed by atoms with van der Waals surface area (Å²) in [5, 5.41) is 6.49. The van der Waals surface area contributed by atoms with Crippen molar-refractivity contribution in [1.29, 1.82) is 0 Å². The average molecular weight is 416 g/mol. The summed E-state index contributed by atoms with van der Waals surface area (Å²) in [7, 11) is 0. The van der Waals surface area contributed by atoms with Crippen molar-refractivity contribution in [3.8, 4) is 11.5 Å². The highest BCUT2D eigenvalue weighted by molar-refractivity contribution is 5.96. The molecule has 2 aliphatic rings. The lowest BCUT2D eigenvalue weighted by atomic mass is 9.67. The molecular formula is C22H26ClN3O3. The second-order valence-corrected chi connectivity index (χ2v) is 7.67. The number of carbonyl (C=O) groups excluding carboxylic acids is 2. The summed E-state index contributed by atoms with van der Waals surface area (Å²) in [4.78, 5) is 24.6. The highest BCUT2D eigenvalue weighted by Crippen LogP contribution is 2.44. The van der Waals surface area contributed by atoms with Gasteiger partial charge in [-0.2, -0.15) is 0 Å². The molecule has 154 valence electrons. The number of carbonyl (C=O) groups is 2. The quantitative estimate of drug-likeness (QED) is 0.693. The topological polar surface area (TPSA) is 93.5 Å². The number of fused-ring (bicyclic) bond motifs is 1. The molecule has 1 heterocycles. The Morgan fingerprint density at radius 2 is 1.86 bits per heavy atom. The van der Waals surface area contributed by atoms with Crippen LogP contribution in [-0.4, -0.2) is 24.9 Å². The first-order valence-corrected chi connectivity index (χ1v) is 9.77. The molecule has 2 aromatic carbocycles. The molecule has 2 atom stereocenters. The van der Waals surface area contributed by atoms with E-state index in [4.69, 9.17) is 10.5 Å². The number of primary amides is 1. The van der Waals surface area contributed by atoms with Crippen LogP contribution in [0.2, 0.25) is 0 Å². The molecule has 1 aliphatic carbocycles. The molecule has 4 N–H and O–H groups in total. The summed E-state index contributed by atoms with van der Waals surface area (Å²) in [6.07, 6.45) is 4.38. The van der Waals surface area contributed by atoms with Crippen molar-refractivity contribution in [2.24, 2.45) is 17.1 Å². The minimum Gasteiger partial charge on any atom is -0.457 e. The van der Waals surface area contributed by atoms with Gasteiger partial charge in [-0.15, -0.1) is 12.4 Å². The van der Waals surface area contributed by atoms with Crippen LogP contribution in [0.4, 0.5) is 5.69 Å². The molecule has 1 aliphatic heterocycles. The van der Waals surface area contributed by atoms with Gasteiger partial charge in [0.15, 0.2) is 0 Å². The van der Waals surface area contributed by atoms with E-state index < -0.39 is 5.91 Å². The number of anilines is 1. The van der Waals surface area contributed by atoms with Gasteiger partial charge in [0.2, 0.25) is 5.91 Å². The number of para-hydroxylation sites is 1. The van der Waals surface area contributed by atoms with Gasteiger partial charge >= 0.3 is 0 Å². The zero-order valence-electron chi connectivity index (χ0n) is 16.1. The molecule has 2 aromatic rings. The number of rotatable bonds is 5. The molecular weight excluding hydrogens is 390 g/mol. The summed E-state index contributed by atoms with van der Waals surface area (Å²) < 4.78 is 5.79. The van der Waals surface area contributed by atoms with Crippen LogP contribution in [0, 0.1) is 11.3 Å². The van der Waals surface area contributed by atoms with Crippen LogP contribution in [0.1, 0.15) is 36.0 Å². The summed E-state index contributed by atoms with van der Waals surface area (Å²) in [5.41, 5.74) is 6.18. The molecule has 4 rings (SSSR count). The summed E-state index contributed by atoms with van der Waals surface area (Å²) >= 11 is 0. The number of ether oxygens (including phenoxy) is 1. The Bertz CT molecular complexity index is 887. The van der Waals surface area contributed by atoms with Crippen molar-refractivity contribution in [3.63, 3.8) is 0 Å². The van der Waals surface area contributed by atoms with Gasteiger partial charge < -0.3 is 21.1 Å². The zero-order chi connectivity index (χ0) is 19.6. The number of amides is 2. The first-order valence-electron chi connectivity index (χ1n) is 9.77. The molecule has 2 amide bonds. The average Bonchev–Trinajstić information content (AvgIpc) is 3.15. The van der Waals surface area contributed by atoms with Crippen molar-refractivity contribution in [2.75, 3.05) is 18.4 Å². The predicted octanol–water partition coefficient (Wildman–Crippen LogP) is 3.72. The van der Waals surface area contributed by atoms with Crippen LogP contribution in [0.5, 0.6) is 11.5 Å². The summed E-state index contributed by atoms with van der Waals surface area (Å²) in [6.45, 7) is 1.69. The van der Waals surface area contributed by atoms with E-state index in [1.54, 1.807) is 36.4 Å². The number of nitrogens with one attached hydrogen (secondary N) is 2. The molecule has 0 spiro atoms. The van der Waals surface area contributed by atoms with Crippen LogP contribution >= 0.6 is 12.4 Å². The molecule has 6 nitrogen and oxygen atoms in total. The lowest BCUT2D eigenvalue weighted by Gasteiger charge is -2.37. The lowest BCUT2D eigenvalue weighted by Crippen LogP contribution is -2.44. The third-order valence-electron chi connectivity index (χ3n) is 5.98. The second kappa shape index (κ2) is 8.84. The van der Waals surface area contributed by atoms with Crippen molar-refractivity contribution in [1.82, 2.24) is 5.32 Å². The smallest absolute Gasteiger partial charge is 0.252 e. The fraction of sp³-hybridized carbons (Fsp3) is 0.364. The maximum atomic E-state index is 13.0. The Morgan fingerprint density at radius 3 is 2.62 bits per heavy atom. The molecule has 0 bridgehead atoms. The van der Waals surface area contributed by atoms with Gasteiger partial charge in [-0.25, -0.2) is 0 Å². The minimum absolute atomic E-state index is 0. The van der Waals surface area contributed by atoms with Gasteiger partial charge in [-0.05, 0) is 61.7 Å². The Kier molecular flexibility index (Phi) is 6.45. The Labute approximate surface area is 176 Å². The van der Waals surface area contributed by atoms with Gasteiger partial charge in [0.05, 0.1) is 11.0 Å². The highest BCUT2D eigenvalue weighted by Gasteiger charge is 2.49. The predicted molar refractivity (Wildman–Crippen MR) is 115 cm³/mol. The number of benzene rings is 2. The monoisotopic (exact) mass is 415 g/mol. The SMILES string of the molecule is Cl.NC(=O)c1ccccc1Oc1ccc(NC(=O)[C@@]23CCCC[C@H]2CNC3)cc1. The molecule has 2 fully saturated rings. The normalized spacial score (nSPS) is 22.8. The third-order valence-corrected chi connectivity index (χ3v) is 5.98. The molecule has 7 heteroatoms. The molecule has 0 aromatic heterocycles. The fourth-order valence-corrected chi connectivity index (χ4v) is 4.44. The van der Waals surface area contributed by atoms with E-state index in [2.05, 4.69) is 10.6 Å². The van der Waals surface area contributed by atoms with E-state index in [1.807, 2.05) is 12.1 Å². The molecule has 0 unspecified atom stereocenters. The zero-order valence-corrected chi connectivity index (χ0v) is 17.0. The van der Waals surface area contributed by atoms with Crippen LogP contribution < -0.4 is 21.1 Å². The van der Waals surface area contributed by atoms with Crippen LogP contribution in [0.3, 0.4) is 0 Å². The number of nitrogens with two attached hydrogens (primary N) is 1. The van der Waals surface area contributed by atoms with Gasteiger partial charge in [-0.1, -0.05) is 25.0 Å². The second-order valence-electron chi connectivity index (χ2n) is 7.67. The first-order chi connectivity index (χ1) is 13.6. The lowest BCUT2D eigenvalue weighted by molar-refractivity contribution is -0.128. The molecule has 29 heavy (non-hydrogen) atoms. The van der Waals surface area contributed by atoms with Crippen LogP contribution in [-0.2, 0) is 4.79 Å². The van der Waals surface area contributed by atoms with E-state index in [1.165, 1.54) is 6.42 Å². The number of halogens is 1. The largest absolute Gasteiger partial charge is 0.457 e. The maximum absolute atomic E-state index is 13.0. The van der Waals surface area contributed by atoms with Crippen molar-refractivity contribution < 1.29 is 14.3 Å². The first kappa shape index (κ1) is 21.1. The standard InChI is InChI=1S/C22H25N3O3.ClH/c23-20(26)18-6-1-2-7-19(18)28-17-10-8-16(9-11-17)25-21(27)22-12-4-3-5-15(22)13-24-14-22;/h1-2,6-11,15,24H,3-5,12-14H2,(H2,23,26)(H,25,27);1H/t15-,22+;/m0./s1. The molecule has 0 radical (unpaired) electrons. The van der Waals surface area contributed by atoms with E-state index >= 15 is 0 Å². The number of hydrogen-bond donors (Lipinski definition) is 3. The summed E-state index contributed by atoms with van der Waals surface area (Å²) in [6, 6.07) is 14.0. The van der Waals surface area contributed by atoms with Gasteiger partial charge in [0.1, 0.15) is 11.5 Å². The highest BCUT2D eigenvalue weighted by atomic mass is 35.5. The fourth-order valence-electron chi connectivity index (χ4n) is 4.44. The maximum Gasteiger partial charge on any atom is 0.252 e. The minimum atomic E-state index is -0.536. The van der Waals surface area contributed by atoms with Crippen LogP contribution in [0.25, 0.3) is 0 Å². The van der Waals surface area contributed by atoms with Gasteiger partial charge in [-0.3, -0.25) is 9.59 Å².